The fourth-order valence-electron chi connectivity index (χ4n) is 2.47. The first-order chi connectivity index (χ1) is 8.75. The summed E-state index contributed by atoms with van der Waals surface area (Å²) in [6.07, 6.45) is 0.694. The summed E-state index contributed by atoms with van der Waals surface area (Å²) < 4.78 is 0. The van der Waals surface area contributed by atoms with Gasteiger partial charge in [-0.25, -0.2) is 5.43 Å². The van der Waals surface area contributed by atoms with Crippen LogP contribution in [0.15, 0.2) is 47.6 Å². The Kier molecular flexibility index (Phi) is 2.59. The molecule has 0 radical (unpaired) electrons. The van der Waals surface area contributed by atoms with Gasteiger partial charge in [0.05, 0.1) is 5.92 Å². The first-order valence-electron chi connectivity index (χ1n) is 6.06. The molecule has 1 heterocycles. The number of hydrogen-bond acceptors (Lipinski definition) is 2. The number of amides is 1. The standard InChI is InChI=1S/C15H14N2O/c1-10-9-14(15(18)17-16-10)13-8-4-6-11-5-2-3-7-12(11)13/h2-8,14H,9H2,1H3,(H,17,18). The van der Waals surface area contributed by atoms with Crippen LogP contribution in [0.4, 0.5) is 0 Å². The lowest BCUT2D eigenvalue weighted by Crippen LogP contribution is -2.32. The van der Waals surface area contributed by atoms with Gasteiger partial charge >= 0.3 is 0 Å². The second-order valence-corrected chi connectivity index (χ2v) is 4.65. The predicted octanol–water partition coefficient (Wildman–Crippen LogP) is 2.82. The summed E-state index contributed by atoms with van der Waals surface area (Å²) in [7, 11) is 0. The van der Waals surface area contributed by atoms with E-state index in [1.165, 1.54) is 5.39 Å². The van der Waals surface area contributed by atoms with Crippen LogP contribution in [0.25, 0.3) is 10.8 Å². The molecule has 1 unspecified atom stereocenters. The third-order valence-electron chi connectivity index (χ3n) is 3.37. The van der Waals surface area contributed by atoms with E-state index in [2.05, 4.69) is 28.7 Å². The van der Waals surface area contributed by atoms with Crippen molar-refractivity contribution in [2.45, 2.75) is 19.3 Å². The maximum absolute atomic E-state index is 12.0. The monoisotopic (exact) mass is 238 g/mol. The molecule has 0 saturated carbocycles. The molecule has 1 amide bonds. The normalized spacial score (nSPS) is 19.5. The van der Waals surface area contributed by atoms with Crippen molar-refractivity contribution in [1.82, 2.24) is 5.43 Å². The predicted molar refractivity (Wildman–Crippen MR) is 72.6 cm³/mol. The van der Waals surface area contributed by atoms with Crippen molar-refractivity contribution in [2.75, 3.05) is 0 Å². The van der Waals surface area contributed by atoms with Gasteiger partial charge in [0.15, 0.2) is 0 Å². The molecular formula is C15H14N2O. The first kappa shape index (κ1) is 11.0. The van der Waals surface area contributed by atoms with Gasteiger partial charge in [-0.2, -0.15) is 5.10 Å². The SMILES string of the molecule is CC1=NNC(=O)C(c2cccc3ccccc23)C1. The maximum Gasteiger partial charge on any atom is 0.248 e. The number of nitrogens with one attached hydrogen (secondary N) is 1. The second kappa shape index (κ2) is 4.26. The highest BCUT2D eigenvalue weighted by atomic mass is 16.2. The Balaban J connectivity index is 2.14. The van der Waals surface area contributed by atoms with E-state index in [0.29, 0.717) is 6.42 Å². The lowest BCUT2D eigenvalue weighted by molar-refractivity contribution is -0.122. The van der Waals surface area contributed by atoms with Crippen molar-refractivity contribution >= 4 is 22.4 Å². The van der Waals surface area contributed by atoms with Crippen molar-refractivity contribution in [3.05, 3.63) is 48.0 Å². The van der Waals surface area contributed by atoms with Gasteiger partial charge in [0.25, 0.3) is 0 Å². The van der Waals surface area contributed by atoms with Crippen LogP contribution in [-0.4, -0.2) is 11.6 Å². The van der Waals surface area contributed by atoms with Crippen LogP contribution >= 0.6 is 0 Å². The van der Waals surface area contributed by atoms with Crippen molar-refractivity contribution in [1.29, 1.82) is 0 Å². The molecule has 90 valence electrons. The Morgan fingerprint density at radius 3 is 2.83 bits per heavy atom. The maximum atomic E-state index is 12.0. The minimum absolute atomic E-state index is 0.0167. The highest BCUT2D eigenvalue weighted by Crippen LogP contribution is 2.29. The number of nitrogens with zero attached hydrogens (tertiary/aromatic N) is 1. The van der Waals surface area contributed by atoms with E-state index in [0.717, 1.165) is 16.7 Å². The molecule has 3 nitrogen and oxygen atoms in total. The summed E-state index contributed by atoms with van der Waals surface area (Å²) in [5.41, 5.74) is 4.64. The van der Waals surface area contributed by atoms with Gasteiger partial charge < -0.3 is 0 Å². The Labute approximate surface area is 106 Å². The highest BCUT2D eigenvalue weighted by Gasteiger charge is 2.26. The van der Waals surface area contributed by atoms with Crippen molar-refractivity contribution in [3.63, 3.8) is 0 Å². The number of carbonyl (C=O) groups is 1. The molecule has 0 saturated heterocycles. The average molecular weight is 238 g/mol. The lowest BCUT2D eigenvalue weighted by atomic mass is 9.88. The van der Waals surface area contributed by atoms with Gasteiger partial charge in [-0.05, 0) is 23.3 Å². The van der Waals surface area contributed by atoms with E-state index in [4.69, 9.17) is 0 Å². The van der Waals surface area contributed by atoms with E-state index >= 15 is 0 Å². The highest BCUT2D eigenvalue weighted by molar-refractivity contribution is 5.99. The fraction of sp³-hybridized carbons (Fsp3) is 0.200. The molecular weight excluding hydrogens is 224 g/mol. The zero-order valence-corrected chi connectivity index (χ0v) is 10.2. The van der Waals surface area contributed by atoms with Gasteiger partial charge in [-0.15, -0.1) is 0 Å². The van der Waals surface area contributed by atoms with Gasteiger partial charge in [-0.1, -0.05) is 42.5 Å². The Hall–Kier alpha value is -2.16. The molecule has 1 aliphatic heterocycles. The van der Waals surface area contributed by atoms with Crippen LogP contribution in [0.2, 0.25) is 0 Å². The zero-order chi connectivity index (χ0) is 12.5. The summed E-state index contributed by atoms with van der Waals surface area (Å²) in [6, 6.07) is 14.3. The quantitative estimate of drug-likeness (QED) is 0.815. The molecule has 18 heavy (non-hydrogen) atoms. The fourth-order valence-corrected chi connectivity index (χ4v) is 2.47. The second-order valence-electron chi connectivity index (χ2n) is 4.65. The molecule has 1 N–H and O–H groups in total. The third kappa shape index (κ3) is 1.78. The van der Waals surface area contributed by atoms with Crippen molar-refractivity contribution in [3.8, 4) is 0 Å². The molecule has 0 spiro atoms. The number of benzene rings is 2. The molecule has 2 aromatic carbocycles. The van der Waals surface area contributed by atoms with Crippen molar-refractivity contribution in [2.24, 2.45) is 5.10 Å². The molecule has 0 bridgehead atoms. The summed E-state index contributed by atoms with van der Waals surface area (Å²) in [4.78, 5) is 12.0. The summed E-state index contributed by atoms with van der Waals surface area (Å²) in [5.74, 6) is -0.148. The molecule has 1 aliphatic rings. The minimum Gasteiger partial charge on any atom is -0.272 e. The smallest absolute Gasteiger partial charge is 0.248 e. The third-order valence-corrected chi connectivity index (χ3v) is 3.37. The first-order valence-corrected chi connectivity index (χ1v) is 6.06. The van der Waals surface area contributed by atoms with Crippen LogP contribution in [0, 0.1) is 0 Å². The van der Waals surface area contributed by atoms with Crippen LogP contribution in [0.3, 0.4) is 0 Å². The largest absolute Gasteiger partial charge is 0.272 e. The van der Waals surface area contributed by atoms with E-state index in [1.54, 1.807) is 0 Å². The summed E-state index contributed by atoms with van der Waals surface area (Å²) in [5, 5.41) is 6.30. The molecule has 0 aromatic heterocycles. The molecule has 3 heteroatoms. The van der Waals surface area contributed by atoms with E-state index < -0.39 is 0 Å². The van der Waals surface area contributed by atoms with E-state index in [1.807, 2.05) is 31.2 Å². The van der Waals surface area contributed by atoms with E-state index in [9.17, 15) is 4.79 Å². The minimum atomic E-state index is -0.131. The molecule has 0 aliphatic carbocycles. The van der Waals surface area contributed by atoms with Crippen LogP contribution in [0.1, 0.15) is 24.8 Å². The molecule has 2 aromatic rings. The number of hydrogen-bond donors (Lipinski definition) is 1. The summed E-state index contributed by atoms with van der Waals surface area (Å²) in [6.45, 7) is 1.94. The van der Waals surface area contributed by atoms with Crippen molar-refractivity contribution < 1.29 is 4.79 Å². The Morgan fingerprint density at radius 1 is 1.17 bits per heavy atom. The Bertz CT molecular complexity index is 640. The number of carbonyl (C=O) groups excluding carboxylic acids is 1. The number of hydrazone groups is 1. The average Bonchev–Trinajstić information content (AvgIpc) is 2.41. The van der Waals surface area contributed by atoms with Crippen LogP contribution < -0.4 is 5.43 Å². The number of rotatable bonds is 1. The van der Waals surface area contributed by atoms with Crippen LogP contribution in [0.5, 0.6) is 0 Å². The van der Waals surface area contributed by atoms with E-state index in [-0.39, 0.29) is 11.8 Å². The zero-order valence-electron chi connectivity index (χ0n) is 10.2. The Morgan fingerprint density at radius 2 is 1.94 bits per heavy atom. The topological polar surface area (TPSA) is 41.5 Å². The van der Waals surface area contributed by atoms with Gasteiger partial charge in [0.1, 0.15) is 0 Å². The molecule has 3 rings (SSSR count). The van der Waals surface area contributed by atoms with Crippen LogP contribution in [-0.2, 0) is 4.79 Å². The number of fused-ring (bicyclic) bond motifs is 1. The lowest BCUT2D eigenvalue weighted by Gasteiger charge is -2.21. The van der Waals surface area contributed by atoms with Gasteiger partial charge in [0, 0.05) is 12.1 Å². The van der Waals surface area contributed by atoms with Gasteiger partial charge in [0.2, 0.25) is 5.91 Å². The summed E-state index contributed by atoms with van der Waals surface area (Å²) >= 11 is 0. The van der Waals surface area contributed by atoms with Gasteiger partial charge in [-0.3, -0.25) is 4.79 Å². The molecule has 1 atom stereocenters. The molecule has 0 fully saturated rings.